The van der Waals surface area contributed by atoms with E-state index in [-0.39, 0.29) is 34.3 Å². The molecule has 4 N–H and O–H groups in total. The first kappa shape index (κ1) is 25.6. The van der Waals surface area contributed by atoms with Crippen molar-refractivity contribution >= 4 is 40.0 Å². The van der Waals surface area contributed by atoms with Crippen molar-refractivity contribution in [2.24, 2.45) is 15.5 Å². The molecule has 3 rings (SSSR count). The van der Waals surface area contributed by atoms with Crippen molar-refractivity contribution in [1.82, 2.24) is 10.6 Å². The molecule has 0 aliphatic heterocycles. The number of hydrogen-bond acceptors (Lipinski definition) is 5. The molecule has 1 aromatic carbocycles. The van der Waals surface area contributed by atoms with Crippen molar-refractivity contribution in [3.8, 4) is 0 Å². The van der Waals surface area contributed by atoms with E-state index in [4.69, 9.17) is 14.3 Å². The minimum Gasteiger partial charge on any atom is -0.469 e. The van der Waals surface area contributed by atoms with Crippen LogP contribution in [0.15, 0.2) is 57.0 Å². The lowest BCUT2D eigenvalue weighted by Crippen LogP contribution is -2.41. The third-order valence-corrected chi connectivity index (χ3v) is 6.27. The standard InChI is InChI=1S/C21H30N4O4S.HI/c1-28-14-11-21(9-10-21)16-25-20(23-12-8-18-3-2-13-29-18)24-15-17-4-6-19(7-5-17)30(22,26)27;/h2-7,13H,8-12,14-16H2,1H3,(H2,22,26,27)(H2,23,24,25);1H. The van der Waals surface area contributed by atoms with Gasteiger partial charge in [0.2, 0.25) is 10.0 Å². The molecule has 31 heavy (non-hydrogen) atoms. The second-order valence-electron chi connectivity index (χ2n) is 7.71. The van der Waals surface area contributed by atoms with E-state index >= 15 is 0 Å². The Bertz CT molecular complexity index is 927. The van der Waals surface area contributed by atoms with Gasteiger partial charge in [0.15, 0.2) is 5.96 Å². The number of halogens is 1. The highest BCUT2D eigenvalue weighted by atomic mass is 127. The first-order valence-corrected chi connectivity index (χ1v) is 11.6. The van der Waals surface area contributed by atoms with Crippen LogP contribution in [0.25, 0.3) is 0 Å². The minimum atomic E-state index is -3.69. The van der Waals surface area contributed by atoms with Crippen molar-refractivity contribution in [3.63, 3.8) is 0 Å². The average Bonchev–Trinajstić information content (AvgIpc) is 3.30. The predicted octanol–water partition coefficient (Wildman–Crippen LogP) is 2.64. The SMILES string of the molecule is COCCC1(CNC(=NCc2ccc(S(N)(=O)=O)cc2)NCCc2ccco2)CC1.I. The molecule has 0 radical (unpaired) electrons. The molecule has 10 heteroatoms. The number of hydrogen-bond donors (Lipinski definition) is 3. The molecular formula is C21H31IN4O4S. The van der Waals surface area contributed by atoms with E-state index in [0.29, 0.717) is 13.1 Å². The van der Waals surface area contributed by atoms with E-state index in [9.17, 15) is 8.42 Å². The predicted molar refractivity (Wildman–Crippen MR) is 131 cm³/mol. The van der Waals surface area contributed by atoms with Gasteiger partial charge in [0.05, 0.1) is 17.7 Å². The maximum Gasteiger partial charge on any atom is 0.238 e. The molecule has 2 aromatic rings. The smallest absolute Gasteiger partial charge is 0.238 e. The second kappa shape index (κ2) is 11.8. The van der Waals surface area contributed by atoms with Crippen LogP contribution in [-0.2, 0) is 27.7 Å². The second-order valence-corrected chi connectivity index (χ2v) is 9.27. The number of nitrogens with two attached hydrogens (primary N) is 1. The molecule has 0 spiro atoms. The number of ether oxygens (including phenoxy) is 1. The highest BCUT2D eigenvalue weighted by Gasteiger charge is 2.41. The lowest BCUT2D eigenvalue weighted by atomic mass is 10.0. The van der Waals surface area contributed by atoms with Crippen molar-refractivity contribution in [2.75, 3.05) is 26.8 Å². The fraction of sp³-hybridized carbons (Fsp3) is 0.476. The van der Waals surface area contributed by atoms with E-state index in [1.807, 2.05) is 12.1 Å². The van der Waals surface area contributed by atoms with Gasteiger partial charge in [-0.05, 0) is 54.5 Å². The fourth-order valence-electron chi connectivity index (χ4n) is 3.17. The number of rotatable bonds is 11. The van der Waals surface area contributed by atoms with Crippen LogP contribution in [0.4, 0.5) is 0 Å². The van der Waals surface area contributed by atoms with Gasteiger partial charge in [-0.1, -0.05) is 12.1 Å². The molecule has 1 aromatic heterocycles. The van der Waals surface area contributed by atoms with E-state index in [0.717, 1.165) is 43.3 Å². The molecule has 0 atom stereocenters. The average molecular weight is 562 g/mol. The lowest BCUT2D eigenvalue weighted by Gasteiger charge is -2.18. The zero-order valence-electron chi connectivity index (χ0n) is 17.7. The third-order valence-electron chi connectivity index (χ3n) is 5.34. The van der Waals surface area contributed by atoms with Gasteiger partial charge in [-0.3, -0.25) is 0 Å². The number of aliphatic imine (C=N–C) groups is 1. The summed E-state index contributed by atoms with van der Waals surface area (Å²) in [6, 6.07) is 10.3. The van der Waals surface area contributed by atoms with Gasteiger partial charge in [-0.2, -0.15) is 0 Å². The Kier molecular flexibility index (Phi) is 9.79. The zero-order chi connectivity index (χ0) is 21.5. The summed E-state index contributed by atoms with van der Waals surface area (Å²) >= 11 is 0. The van der Waals surface area contributed by atoms with Crippen LogP contribution in [-0.4, -0.2) is 41.2 Å². The number of sulfonamides is 1. The van der Waals surface area contributed by atoms with E-state index in [1.165, 1.54) is 25.0 Å². The highest BCUT2D eigenvalue weighted by Crippen LogP contribution is 2.48. The molecule has 0 bridgehead atoms. The summed E-state index contributed by atoms with van der Waals surface area (Å²) in [6.07, 6.45) is 5.84. The van der Waals surface area contributed by atoms with Crippen LogP contribution in [0.2, 0.25) is 0 Å². The summed E-state index contributed by atoms with van der Waals surface area (Å²) in [5, 5.41) is 12.0. The molecule has 1 heterocycles. The molecule has 0 unspecified atom stereocenters. The highest BCUT2D eigenvalue weighted by molar-refractivity contribution is 14.0. The van der Waals surface area contributed by atoms with Gasteiger partial charge in [0, 0.05) is 33.2 Å². The van der Waals surface area contributed by atoms with Gasteiger partial charge in [-0.25, -0.2) is 18.5 Å². The Balaban J connectivity index is 0.00000341. The monoisotopic (exact) mass is 562 g/mol. The Morgan fingerprint density at radius 2 is 1.97 bits per heavy atom. The van der Waals surface area contributed by atoms with Crippen LogP contribution >= 0.6 is 24.0 Å². The summed E-state index contributed by atoms with van der Waals surface area (Å²) in [5.74, 6) is 1.64. The minimum absolute atomic E-state index is 0. The number of nitrogens with one attached hydrogen (secondary N) is 2. The Hall–Kier alpha value is -1.63. The topological polar surface area (TPSA) is 119 Å². The summed E-state index contributed by atoms with van der Waals surface area (Å²) in [4.78, 5) is 4.76. The van der Waals surface area contributed by atoms with Crippen LogP contribution in [0, 0.1) is 5.41 Å². The molecule has 1 aliphatic carbocycles. The van der Waals surface area contributed by atoms with E-state index < -0.39 is 10.0 Å². The fourth-order valence-corrected chi connectivity index (χ4v) is 3.69. The van der Waals surface area contributed by atoms with Crippen LogP contribution in [0.5, 0.6) is 0 Å². The molecule has 172 valence electrons. The van der Waals surface area contributed by atoms with Gasteiger partial charge < -0.3 is 19.8 Å². The summed E-state index contributed by atoms with van der Waals surface area (Å²) in [6.45, 7) is 2.71. The molecule has 1 saturated carbocycles. The first-order valence-electron chi connectivity index (χ1n) is 10.1. The van der Waals surface area contributed by atoms with Gasteiger partial charge in [0.1, 0.15) is 5.76 Å². The Morgan fingerprint density at radius 1 is 1.23 bits per heavy atom. The Labute approximate surface area is 201 Å². The summed E-state index contributed by atoms with van der Waals surface area (Å²) in [5.41, 5.74) is 1.19. The van der Waals surface area contributed by atoms with Gasteiger partial charge in [-0.15, -0.1) is 24.0 Å². The van der Waals surface area contributed by atoms with Crippen LogP contribution in [0.1, 0.15) is 30.6 Å². The van der Waals surface area contributed by atoms with E-state index in [1.54, 1.807) is 25.5 Å². The third kappa shape index (κ3) is 8.43. The molecule has 0 amide bonds. The van der Waals surface area contributed by atoms with Crippen molar-refractivity contribution in [3.05, 3.63) is 54.0 Å². The zero-order valence-corrected chi connectivity index (χ0v) is 20.8. The molecule has 1 aliphatic rings. The first-order chi connectivity index (χ1) is 14.4. The lowest BCUT2D eigenvalue weighted by molar-refractivity contribution is 0.172. The van der Waals surface area contributed by atoms with Crippen molar-refractivity contribution in [1.29, 1.82) is 0 Å². The molecule has 1 fully saturated rings. The van der Waals surface area contributed by atoms with Crippen molar-refractivity contribution < 1.29 is 17.6 Å². The molecule has 0 saturated heterocycles. The number of benzene rings is 1. The van der Waals surface area contributed by atoms with Crippen molar-refractivity contribution in [2.45, 2.75) is 37.1 Å². The normalized spacial score (nSPS) is 15.2. The quantitative estimate of drug-likeness (QED) is 0.220. The van der Waals surface area contributed by atoms with Crippen LogP contribution < -0.4 is 15.8 Å². The number of primary sulfonamides is 1. The summed E-state index contributed by atoms with van der Waals surface area (Å²) < 4.78 is 33.4. The maximum absolute atomic E-state index is 11.4. The van der Waals surface area contributed by atoms with Crippen LogP contribution in [0.3, 0.4) is 0 Å². The number of furan rings is 1. The Morgan fingerprint density at radius 3 is 2.55 bits per heavy atom. The van der Waals surface area contributed by atoms with Gasteiger partial charge >= 0.3 is 0 Å². The maximum atomic E-state index is 11.4. The molecular weight excluding hydrogens is 531 g/mol. The number of guanidine groups is 1. The number of nitrogens with zero attached hydrogens (tertiary/aromatic N) is 1. The summed E-state index contributed by atoms with van der Waals surface area (Å²) in [7, 11) is -1.96. The molecule has 8 nitrogen and oxygen atoms in total. The number of methoxy groups -OCH3 is 1. The largest absolute Gasteiger partial charge is 0.469 e. The van der Waals surface area contributed by atoms with Gasteiger partial charge in [0.25, 0.3) is 0 Å². The van der Waals surface area contributed by atoms with E-state index in [2.05, 4.69) is 15.6 Å².